The highest BCUT2D eigenvalue weighted by atomic mass is 31.2. The Labute approximate surface area is 116 Å². The van der Waals surface area contributed by atoms with Crippen LogP contribution >= 0.6 is 7.75 Å². The number of nitrogens with one attached hydrogen (secondary N) is 1. The van der Waals surface area contributed by atoms with Gasteiger partial charge in [0.15, 0.2) is 0 Å². The molecule has 0 aliphatic heterocycles. The van der Waals surface area contributed by atoms with Crippen LogP contribution in [-0.4, -0.2) is 23.4 Å². The quantitative estimate of drug-likeness (QED) is 0.784. The molecule has 0 atom stereocenters. The fourth-order valence-corrected chi connectivity index (χ4v) is 2.73. The smallest absolute Gasteiger partial charge is 0.403 e. The van der Waals surface area contributed by atoms with E-state index in [1.807, 2.05) is 30.3 Å². The van der Waals surface area contributed by atoms with Crippen LogP contribution in [0.25, 0.3) is 11.5 Å². The molecule has 20 heavy (non-hydrogen) atoms. The van der Waals surface area contributed by atoms with E-state index in [2.05, 4.69) is 15.3 Å². The molecule has 1 aromatic heterocycles. The second-order valence-corrected chi connectivity index (χ2v) is 5.46. The van der Waals surface area contributed by atoms with Gasteiger partial charge in [0.25, 0.3) is 0 Å². The average molecular weight is 297 g/mol. The summed E-state index contributed by atoms with van der Waals surface area (Å²) >= 11 is 0. The summed E-state index contributed by atoms with van der Waals surface area (Å²) in [6, 6.07) is 9.27. The highest BCUT2D eigenvalue weighted by Crippen LogP contribution is 2.47. The van der Waals surface area contributed by atoms with Crippen LogP contribution in [0.1, 0.15) is 13.8 Å². The monoisotopic (exact) mass is 297 g/mol. The summed E-state index contributed by atoms with van der Waals surface area (Å²) in [6.45, 7) is 3.92. The van der Waals surface area contributed by atoms with Crippen LogP contribution in [0.2, 0.25) is 0 Å². The molecule has 1 heterocycles. The third kappa shape index (κ3) is 3.66. The molecule has 0 amide bonds. The largest absolute Gasteiger partial charge is 0.436 e. The Balaban J connectivity index is 2.15. The van der Waals surface area contributed by atoms with Crippen LogP contribution in [0.3, 0.4) is 0 Å². The third-order valence-corrected chi connectivity index (χ3v) is 3.94. The minimum Gasteiger partial charge on any atom is -0.403 e. The van der Waals surface area contributed by atoms with Gasteiger partial charge in [0.1, 0.15) is 0 Å². The molecule has 1 N–H and O–H groups in total. The Morgan fingerprint density at radius 3 is 2.40 bits per heavy atom. The van der Waals surface area contributed by atoms with Gasteiger partial charge in [0, 0.05) is 5.56 Å². The highest BCUT2D eigenvalue weighted by molar-refractivity contribution is 7.55. The summed E-state index contributed by atoms with van der Waals surface area (Å²) in [7, 11) is -3.47. The van der Waals surface area contributed by atoms with Crippen LogP contribution in [0, 0.1) is 0 Å². The first-order valence-corrected chi connectivity index (χ1v) is 7.77. The van der Waals surface area contributed by atoms with Crippen LogP contribution in [0.5, 0.6) is 0 Å². The SMILES string of the molecule is CCOP(=O)(Nc1nnc(-c2ccccc2)o1)OCC. The topological polar surface area (TPSA) is 86.5 Å². The lowest BCUT2D eigenvalue weighted by Gasteiger charge is -2.15. The second kappa shape index (κ2) is 6.65. The van der Waals surface area contributed by atoms with E-state index in [0.717, 1.165) is 5.56 Å². The van der Waals surface area contributed by atoms with Crippen LogP contribution in [0.4, 0.5) is 6.01 Å². The lowest BCUT2D eigenvalue weighted by Crippen LogP contribution is -2.05. The normalized spacial score (nSPS) is 11.5. The third-order valence-electron chi connectivity index (χ3n) is 2.28. The molecular weight excluding hydrogens is 281 g/mol. The van der Waals surface area contributed by atoms with Crippen LogP contribution in [-0.2, 0) is 13.6 Å². The molecular formula is C12H16N3O4P. The van der Waals surface area contributed by atoms with Crippen LogP contribution < -0.4 is 5.09 Å². The molecule has 0 aliphatic carbocycles. The number of aromatic nitrogens is 2. The molecule has 1 aromatic carbocycles. The number of hydrogen-bond acceptors (Lipinski definition) is 6. The Morgan fingerprint density at radius 2 is 1.80 bits per heavy atom. The molecule has 0 radical (unpaired) electrons. The Kier molecular flexibility index (Phi) is 4.89. The fraction of sp³-hybridized carbons (Fsp3) is 0.333. The molecule has 2 rings (SSSR count). The standard InChI is InChI=1S/C12H16N3O4P/c1-3-17-20(16,18-4-2)15-12-14-13-11(19-12)10-8-6-5-7-9-10/h5-9H,3-4H2,1-2H3,(H,14,15,16). The summed E-state index contributed by atoms with van der Waals surface area (Å²) in [6.07, 6.45) is 0. The van der Waals surface area contributed by atoms with Crippen molar-refractivity contribution in [2.75, 3.05) is 18.3 Å². The molecule has 108 valence electrons. The van der Waals surface area contributed by atoms with E-state index in [1.165, 1.54) is 0 Å². The summed E-state index contributed by atoms with van der Waals surface area (Å²) in [5, 5.41) is 10.2. The van der Waals surface area contributed by atoms with Gasteiger partial charge in [-0.3, -0.25) is 9.05 Å². The van der Waals surface area contributed by atoms with Crippen molar-refractivity contribution in [1.82, 2.24) is 10.2 Å². The zero-order valence-electron chi connectivity index (χ0n) is 11.3. The second-order valence-electron chi connectivity index (χ2n) is 3.72. The van der Waals surface area contributed by atoms with E-state index in [4.69, 9.17) is 13.5 Å². The van der Waals surface area contributed by atoms with Crippen molar-refractivity contribution in [2.45, 2.75) is 13.8 Å². The molecule has 0 bridgehead atoms. The minimum absolute atomic E-state index is 0.00548. The first kappa shape index (κ1) is 14.7. The number of nitrogens with zero attached hydrogens (tertiary/aromatic N) is 2. The molecule has 8 heteroatoms. The lowest BCUT2D eigenvalue weighted by molar-refractivity contribution is 0.224. The zero-order chi connectivity index (χ0) is 14.4. The predicted molar refractivity (Wildman–Crippen MR) is 74.2 cm³/mol. The predicted octanol–water partition coefficient (Wildman–Crippen LogP) is 3.33. The van der Waals surface area contributed by atoms with Gasteiger partial charge in [-0.25, -0.2) is 9.65 Å². The minimum atomic E-state index is -3.47. The zero-order valence-corrected chi connectivity index (χ0v) is 12.2. The van der Waals surface area contributed by atoms with E-state index in [1.54, 1.807) is 13.8 Å². The summed E-state index contributed by atoms with van der Waals surface area (Å²) in [5.41, 5.74) is 0.774. The molecule has 7 nitrogen and oxygen atoms in total. The van der Waals surface area contributed by atoms with Crippen molar-refractivity contribution >= 4 is 13.8 Å². The van der Waals surface area contributed by atoms with Crippen molar-refractivity contribution in [3.8, 4) is 11.5 Å². The Bertz CT molecular complexity index is 577. The van der Waals surface area contributed by atoms with Gasteiger partial charge >= 0.3 is 13.8 Å². The number of benzene rings is 1. The van der Waals surface area contributed by atoms with Gasteiger partial charge in [-0.2, -0.15) is 0 Å². The van der Waals surface area contributed by atoms with Gasteiger partial charge in [-0.05, 0) is 26.0 Å². The van der Waals surface area contributed by atoms with Gasteiger partial charge in [0.05, 0.1) is 13.2 Å². The molecule has 0 spiro atoms. The van der Waals surface area contributed by atoms with Crippen molar-refractivity contribution in [3.05, 3.63) is 30.3 Å². The van der Waals surface area contributed by atoms with Gasteiger partial charge < -0.3 is 4.42 Å². The maximum absolute atomic E-state index is 12.2. The summed E-state index contributed by atoms with van der Waals surface area (Å²) in [5.74, 6) is 0.327. The first-order valence-electron chi connectivity index (χ1n) is 6.23. The molecule has 0 fully saturated rings. The summed E-state index contributed by atoms with van der Waals surface area (Å²) in [4.78, 5) is 0. The van der Waals surface area contributed by atoms with Gasteiger partial charge in [-0.15, -0.1) is 5.10 Å². The number of anilines is 1. The molecule has 0 saturated carbocycles. The summed E-state index contributed by atoms with van der Waals surface area (Å²) < 4.78 is 27.8. The van der Waals surface area contributed by atoms with Crippen LogP contribution in [0.15, 0.2) is 34.7 Å². The Morgan fingerprint density at radius 1 is 1.15 bits per heavy atom. The van der Waals surface area contributed by atoms with Gasteiger partial charge in [0.2, 0.25) is 5.89 Å². The maximum Gasteiger partial charge on any atom is 0.436 e. The van der Waals surface area contributed by atoms with Crippen molar-refractivity contribution in [2.24, 2.45) is 0 Å². The molecule has 0 unspecified atom stereocenters. The van der Waals surface area contributed by atoms with Crippen molar-refractivity contribution in [3.63, 3.8) is 0 Å². The van der Waals surface area contributed by atoms with E-state index >= 15 is 0 Å². The average Bonchev–Trinajstić information content (AvgIpc) is 2.88. The van der Waals surface area contributed by atoms with E-state index in [-0.39, 0.29) is 19.2 Å². The van der Waals surface area contributed by atoms with E-state index in [0.29, 0.717) is 5.89 Å². The van der Waals surface area contributed by atoms with E-state index in [9.17, 15) is 4.57 Å². The first-order chi connectivity index (χ1) is 9.67. The number of hydrogen-bond donors (Lipinski definition) is 1. The molecule has 0 aliphatic rings. The maximum atomic E-state index is 12.2. The molecule has 0 saturated heterocycles. The highest BCUT2D eigenvalue weighted by Gasteiger charge is 2.26. The van der Waals surface area contributed by atoms with Gasteiger partial charge in [-0.1, -0.05) is 23.3 Å². The fourth-order valence-electron chi connectivity index (χ4n) is 1.52. The lowest BCUT2D eigenvalue weighted by atomic mass is 10.2. The van der Waals surface area contributed by atoms with Crippen molar-refractivity contribution in [1.29, 1.82) is 0 Å². The molecule has 2 aromatic rings. The van der Waals surface area contributed by atoms with Crippen molar-refractivity contribution < 1.29 is 18.0 Å². The number of rotatable bonds is 7. The van der Waals surface area contributed by atoms with E-state index < -0.39 is 7.75 Å². The Hall–Kier alpha value is -1.69.